The van der Waals surface area contributed by atoms with Gasteiger partial charge in [0, 0.05) is 18.4 Å². The van der Waals surface area contributed by atoms with E-state index in [4.69, 9.17) is 4.98 Å². The fourth-order valence-electron chi connectivity index (χ4n) is 2.09. The van der Waals surface area contributed by atoms with Crippen molar-refractivity contribution in [3.63, 3.8) is 0 Å². The molecule has 0 saturated carbocycles. The molecule has 0 radical (unpaired) electrons. The predicted octanol–water partition coefficient (Wildman–Crippen LogP) is 4.96. The molecule has 0 atom stereocenters. The summed E-state index contributed by atoms with van der Waals surface area (Å²) in [4.78, 5) is 9.17. The molecule has 0 fully saturated rings. The minimum Gasteiger partial charge on any atom is -0.230 e. The maximum atomic E-state index is 4.73. The maximum absolute atomic E-state index is 4.73. The Kier molecular flexibility index (Phi) is 5.45. The molecule has 2 nitrogen and oxygen atoms in total. The Morgan fingerprint density at radius 1 is 0.864 bits per heavy atom. The van der Waals surface area contributed by atoms with E-state index < -0.39 is 0 Å². The number of hydrogen-bond acceptors (Lipinski definition) is 3. The molecule has 22 heavy (non-hydrogen) atoms. The second-order valence-corrected chi connectivity index (χ2v) is 6.99. The molecule has 1 aromatic heterocycles. The molecule has 4 heteroatoms. The van der Waals surface area contributed by atoms with Crippen LogP contribution >= 0.6 is 34.4 Å². The Labute approximate surface area is 148 Å². The molecule has 0 N–H and O–H groups in total. The van der Waals surface area contributed by atoms with Crippen LogP contribution in [0.15, 0.2) is 72.0 Å². The first-order valence-electron chi connectivity index (χ1n) is 7.03. The first kappa shape index (κ1) is 15.5. The van der Waals surface area contributed by atoms with Gasteiger partial charge in [0.2, 0.25) is 0 Å². The van der Waals surface area contributed by atoms with Gasteiger partial charge in [-0.3, -0.25) is 0 Å². The van der Waals surface area contributed by atoms with Crippen molar-refractivity contribution in [2.75, 3.05) is 0 Å². The highest BCUT2D eigenvalue weighted by Gasteiger charge is 2.07. The minimum absolute atomic E-state index is 0.843. The van der Waals surface area contributed by atoms with E-state index in [1.807, 2.05) is 18.3 Å². The van der Waals surface area contributed by atoms with Crippen LogP contribution in [0, 0.1) is 3.57 Å². The van der Waals surface area contributed by atoms with Crippen LogP contribution in [0.25, 0.3) is 0 Å². The fraction of sp³-hybridized carbons (Fsp3) is 0.111. The van der Waals surface area contributed by atoms with E-state index in [0.717, 1.165) is 26.6 Å². The number of thioether (sulfide) groups is 1. The van der Waals surface area contributed by atoms with Crippen molar-refractivity contribution in [2.45, 2.75) is 17.3 Å². The zero-order chi connectivity index (χ0) is 15.2. The summed E-state index contributed by atoms with van der Waals surface area (Å²) in [6.45, 7) is 0. The maximum Gasteiger partial charge on any atom is 0.188 e. The van der Waals surface area contributed by atoms with Gasteiger partial charge in [-0.15, -0.1) is 0 Å². The van der Waals surface area contributed by atoms with Gasteiger partial charge >= 0.3 is 0 Å². The zero-order valence-electron chi connectivity index (χ0n) is 11.9. The number of nitrogens with zero attached hydrogens (tertiary/aromatic N) is 2. The molecule has 1 heterocycles. The van der Waals surface area contributed by atoms with Crippen molar-refractivity contribution in [1.29, 1.82) is 0 Å². The molecular formula is C18H15IN2S. The molecule has 0 aliphatic heterocycles. The summed E-state index contributed by atoms with van der Waals surface area (Å²) in [6, 6.07) is 20.8. The van der Waals surface area contributed by atoms with Gasteiger partial charge in [-0.05, 0) is 33.7 Å². The Balaban J connectivity index is 1.72. The second-order valence-electron chi connectivity index (χ2n) is 4.88. The van der Waals surface area contributed by atoms with Gasteiger partial charge in [0.1, 0.15) is 0 Å². The Morgan fingerprint density at radius 2 is 1.50 bits per heavy atom. The fourth-order valence-corrected chi connectivity index (χ4v) is 3.33. The van der Waals surface area contributed by atoms with Gasteiger partial charge in [-0.25, -0.2) is 9.97 Å². The van der Waals surface area contributed by atoms with E-state index in [1.54, 1.807) is 11.8 Å². The van der Waals surface area contributed by atoms with E-state index >= 15 is 0 Å². The molecular weight excluding hydrogens is 403 g/mol. The van der Waals surface area contributed by atoms with Crippen molar-refractivity contribution in [1.82, 2.24) is 9.97 Å². The van der Waals surface area contributed by atoms with Gasteiger partial charge in [-0.1, -0.05) is 72.4 Å². The minimum atomic E-state index is 0.843. The Morgan fingerprint density at radius 3 is 2.18 bits per heavy atom. The van der Waals surface area contributed by atoms with Crippen LogP contribution in [0.3, 0.4) is 0 Å². The lowest BCUT2D eigenvalue weighted by Crippen LogP contribution is -1.99. The lowest BCUT2D eigenvalue weighted by Gasteiger charge is -2.06. The van der Waals surface area contributed by atoms with Gasteiger partial charge in [0.15, 0.2) is 5.16 Å². The highest BCUT2D eigenvalue weighted by molar-refractivity contribution is 14.1. The molecule has 0 spiro atoms. The van der Waals surface area contributed by atoms with Gasteiger partial charge < -0.3 is 0 Å². The second kappa shape index (κ2) is 7.74. The molecule has 3 aromatic rings. The summed E-state index contributed by atoms with van der Waals surface area (Å²) in [5.74, 6) is 0.895. The average molecular weight is 418 g/mol. The molecule has 2 aromatic carbocycles. The summed E-state index contributed by atoms with van der Waals surface area (Å²) in [7, 11) is 0. The monoisotopic (exact) mass is 418 g/mol. The predicted molar refractivity (Wildman–Crippen MR) is 100 cm³/mol. The number of rotatable bonds is 5. The number of benzene rings is 2. The van der Waals surface area contributed by atoms with Crippen molar-refractivity contribution in [3.8, 4) is 0 Å². The van der Waals surface area contributed by atoms with E-state index in [-0.39, 0.29) is 0 Å². The van der Waals surface area contributed by atoms with Crippen molar-refractivity contribution >= 4 is 34.4 Å². The first-order valence-corrected chi connectivity index (χ1v) is 9.10. The van der Waals surface area contributed by atoms with Crippen LogP contribution in [0.1, 0.15) is 16.8 Å². The van der Waals surface area contributed by atoms with E-state index in [9.17, 15) is 0 Å². The van der Waals surface area contributed by atoms with Crippen LogP contribution in [-0.4, -0.2) is 9.97 Å². The molecule has 0 unspecified atom stereocenters. The largest absolute Gasteiger partial charge is 0.230 e. The van der Waals surface area contributed by atoms with Crippen LogP contribution < -0.4 is 0 Å². The van der Waals surface area contributed by atoms with Gasteiger partial charge in [0.05, 0.1) is 9.26 Å². The smallest absolute Gasteiger partial charge is 0.188 e. The quantitative estimate of drug-likeness (QED) is 0.333. The third kappa shape index (κ3) is 4.30. The van der Waals surface area contributed by atoms with E-state index in [0.29, 0.717) is 0 Å². The van der Waals surface area contributed by atoms with Gasteiger partial charge in [-0.2, -0.15) is 0 Å². The molecule has 0 bridgehead atoms. The Bertz CT molecular complexity index is 733. The highest BCUT2D eigenvalue weighted by Crippen LogP contribution is 2.22. The normalized spacial score (nSPS) is 10.6. The molecule has 0 saturated heterocycles. The summed E-state index contributed by atoms with van der Waals surface area (Å²) in [6.07, 6.45) is 2.76. The molecule has 3 rings (SSSR count). The summed E-state index contributed by atoms with van der Waals surface area (Å²) < 4.78 is 1.12. The van der Waals surface area contributed by atoms with Crippen molar-refractivity contribution in [2.24, 2.45) is 0 Å². The third-order valence-electron chi connectivity index (χ3n) is 3.22. The highest BCUT2D eigenvalue weighted by atomic mass is 127. The summed E-state index contributed by atoms with van der Waals surface area (Å²) >= 11 is 3.99. The molecule has 110 valence electrons. The third-order valence-corrected chi connectivity index (χ3v) is 5.05. The molecule has 0 amide bonds. The van der Waals surface area contributed by atoms with Gasteiger partial charge in [0.25, 0.3) is 0 Å². The Hall–Kier alpha value is -1.40. The van der Waals surface area contributed by atoms with E-state index in [2.05, 4.69) is 76.1 Å². The summed E-state index contributed by atoms with van der Waals surface area (Å²) in [5.41, 5.74) is 3.66. The molecule has 0 aliphatic carbocycles. The van der Waals surface area contributed by atoms with Crippen LogP contribution in [-0.2, 0) is 12.2 Å². The van der Waals surface area contributed by atoms with Crippen LogP contribution in [0.2, 0.25) is 0 Å². The van der Waals surface area contributed by atoms with Crippen molar-refractivity contribution < 1.29 is 0 Å². The molecule has 0 aliphatic rings. The average Bonchev–Trinajstić information content (AvgIpc) is 2.57. The standard InChI is InChI=1S/C18H15IN2S/c19-16-12-20-18(22-13-15-9-5-2-6-10-15)21-17(16)11-14-7-3-1-4-8-14/h1-10,12H,11,13H2. The summed E-state index contributed by atoms with van der Waals surface area (Å²) in [5, 5.41) is 0.843. The number of halogens is 1. The SMILES string of the molecule is Ic1cnc(SCc2ccccc2)nc1Cc1ccccc1. The number of aromatic nitrogens is 2. The topological polar surface area (TPSA) is 25.8 Å². The van der Waals surface area contributed by atoms with Crippen LogP contribution in [0.4, 0.5) is 0 Å². The van der Waals surface area contributed by atoms with Crippen molar-refractivity contribution in [3.05, 3.63) is 87.3 Å². The lowest BCUT2D eigenvalue weighted by molar-refractivity contribution is 0.890. The lowest BCUT2D eigenvalue weighted by atomic mass is 10.1. The van der Waals surface area contributed by atoms with Crippen LogP contribution in [0.5, 0.6) is 0 Å². The van der Waals surface area contributed by atoms with E-state index in [1.165, 1.54) is 11.1 Å². The zero-order valence-corrected chi connectivity index (χ0v) is 14.9. The first-order chi connectivity index (χ1) is 10.8. The number of hydrogen-bond donors (Lipinski definition) is 0.